The smallest absolute Gasteiger partial charge is 0.114 e. The third-order valence-corrected chi connectivity index (χ3v) is 3.88. The Labute approximate surface area is 106 Å². The number of amidine groups is 1. The molecule has 0 aromatic heterocycles. The van der Waals surface area contributed by atoms with Gasteiger partial charge in [0.1, 0.15) is 5.84 Å². The number of hydrazine groups is 1. The van der Waals surface area contributed by atoms with Gasteiger partial charge in [0.2, 0.25) is 0 Å². The zero-order valence-electron chi connectivity index (χ0n) is 12.1. The molecule has 0 amide bonds. The van der Waals surface area contributed by atoms with Crippen LogP contribution in [0.3, 0.4) is 0 Å². The molecule has 17 heavy (non-hydrogen) atoms. The Morgan fingerprint density at radius 3 is 2.06 bits per heavy atom. The largest absolute Gasteiger partial charge is 0.312 e. The molecule has 0 aromatic carbocycles. The molecule has 0 saturated heterocycles. The van der Waals surface area contributed by atoms with E-state index in [1.54, 1.807) is 0 Å². The van der Waals surface area contributed by atoms with Crippen molar-refractivity contribution in [2.45, 2.75) is 66.3 Å². The lowest BCUT2D eigenvalue weighted by Gasteiger charge is -2.37. The minimum atomic E-state index is 0.321. The van der Waals surface area contributed by atoms with Crippen molar-refractivity contribution < 1.29 is 0 Å². The number of aliphatic imine (C=N–C) groups is 1. The maximum Gasteiger partial charge on any atom is 0.114 e. The van der Waals surface area contributed by atoms with Crippen molar-refractivity contribution in [3.8, 4) is 0 Å². The van der Waals surface area contributed by atoms with Crippen molar-refractivity contribution in [2.24, 2.45) is 28.1 Å². The summed E-state index contributed by atoms with van der Waals surface area (Å²) in [7, 11) is 0. The Kier molecular flexibility index (Phi) is 4.99. The van der Waals surface area contributed by atoms with Gasteiger partial charge in [-0.25, -0.2) is 5.84 Å². The van der Waals surface area contributed by atoms with Crippen LogP contribution in [0.25, 0.3) is 0 Å². The van der Waals surface area contributed by atoms with E-state index in [1.165, 1.54) is 25.7 Å². The van der Waals surface area contributed by atoms with E-state index in [4.69, 9.17) is 5.84 Å². The second-order valence-corrected chi connectivity index (χ2v) is 6.67. The van der Waals surface area contributed by atoms with E-state index in [0.717, 1.165) is 11.8 Å². The molecule has 0 atom stereocenters. The first-order valence-electron chi connectivity index (χ1n) is 6.89. The first-order chi connectivity index (χ1) is 7.84. The SMILES string of the molecule is CC(C)N=C(NN)C1CCC(C(C)(C)C)CC1. The highest BCUT2D eigenvalue weighted by Gasteiger charge is 2.31. The normalized spacial score (nSPS) is 27.4. The number of hydrogen-bond donors (Lipinski definition) is 2. The lowest BCUT2D eigenvalue weighted by molar-refractivity contribution is 0.166. The van der Waals surface area contributed by atoms with Crippen LogP contribution in [-0.4, -0.2) is 11.9 Å². The number of nitrogens with one attached hydrogen (secondary N) is 1. The van der Waals surface area contributed by atoms with Crippen LogP contribution in [0.5, 0.6) is 0 Å². The molecule has 1 rings (SSSR count). The highest BCUT2D eigenvalue weighted by atomic mass is 15.3. The van der Waals surface area contributed by atoms with Crippen molar-refractivity contribution in [3.63, 3.8) is 0 Å². The predicted octanol–water partition coefficient (Wildman–Crippen LogP) is 3.11. The zero-order valence-corrected chi connectivity index (χ0v) is 12.1. The van der Waals surface area contributed by atoms with Gasteiger partial charge in [-0.3, -0.25) is 4.99 Å². The second-order valence-electron chi connectivity index (χ2n) is 6.67. The van der Waals surface area contributed by atoms with Crippen LogP contribution in [0, 0.1) is 17.3 Å². The summed E-state index contributed by atoms with van der Waals surface area (Å²) >= 11 is 0. The van der Waals surface area contributed by atoms with Gasteiger partial charge in [0.25, 0.3) is 0 Å². The van der Waals surface area contributed by atoms with Gasteiger partial charge in [0, 0.05) is 12.0 Å². The van der Waals surface area contributed by atoms with E-state index in [0.29, 0.717) is 17.4 Å². The molecule has 1 saturated carbocycles. The Morgan fingerprint density at radius 1 is 1.18 bits per heavy atom. The molecule has 0 spiro atoms. The Morgan fingerprint density at radius 2 is 1.71 bits per heavy atom. The van der Waals surface area contributed by atoms with Crippen molar-refractivity contribution in [3.05, 3.63) is 0 Å². The second kappa shape index (κ2) is 5.85. The summed E-state index contributed by atoms with van der Waals surface area (Å²) in [5, 5.41) is 0. The van der Waals surface area contributed by atoms with Crippen LogP contribution >= 0.6 is 0 Å². The number of hydrogen-bond acceptors (Lipinski definition) is 2. The molecule has 3 nitrogen and oxygen atoms in total. The number of nitrogens with two attached hydrogens (primary N) is 1. The topological polar surface area (TPSA) is 50.4 Å². The van der Waals surface area contributed by atoms with E-state index in [-0.39, 0.29) is 0 Å². The van der Waals surface area contributed by atoms with Crippen LogP contribution in [-0.2, 0) is 0 Å². The quantitative estimate of drug-likeness (QED) is 0.337. The minimum Gasteiger partial charge on any atom is -0.312 e. The monoisotopic (exact) mass is 239 g/mol. The summed E-state index contributed by atoms with van der Waals surface area (Å²) in [6.45, 7) is 11.2. The molecule has 0 aromatic rings. The van der Waals surface area contributed by atoms with Crippen molar-refractivity contribution in [2.75, 3.05) is 0 Å². The molecule has 3 heteroatoms. The molecule has 0 heterocycles. The van der Waals surface area contributed by atoms with Crippen LogP contribution in [0.15, 0.2) is 4.99 Å². The van der Waals surface area contributed by atoms with Gasteiger partial charge in [-0.2, -0.15) is 0 Å². The van der Waals surface area contributed by atoms with Gasteiger partial charge in [0.05, 0.1) is 0 Å². The highest BCUT2D eigenvalue weighted by Crippen LogP contribution is 2.39. The fourth-order valence-corrected chi connectivity index (χ4v) is 2.77. The molecule has 1 aliphatic carbocycles. The van der Waals surface area contributed by atoms with E-state index in [1.807, 2.05) is 0 Å². The van der Waals surface area contributed by atoms with Crippen molar-refractivity contribution in [1.29, 1.82) is 0 Å². The summed E-state index contributed by atoms with van der Waals surface area (Å²) in [6.07, 6.45) is 5.04. The number of rotatable bonds is 2. The molecule has 0 aliphatic heterocycles. The van der Waals surface area contributed by atoms with Gasteiger partial charge in [0.15, 0.2) is 0 Å². The molecule has 100 valence electrons. The van der Waals surface area contributed by atoms with Gasteiger partial charge in [-0.15, -0.1) is 0 Å². The molecule has 1 aliphatic rings. The first-order valence-corrected chi connectivity index (χ1v) is 6.89. The Hall–Kier alpha value is -0.570. The van der Waals surface area contributed by atoms with Gasteiger partial charge >= 0.3 is 0 Å². The maximum atomic E-state index is 5.59. The fourth-order valence-electron chi connectivity index (χ4n) is 2.77. The van der Waals surface area contributed by atoms with Gasteiger partial charge in [-0.05, 0) is 50.9 Å². The van der Waals surface area contributed by atoms with E-state index in [2.05, 4.69) is 45.0 Å². The Balaban J connectivity index is 2.56. The average Bonchev–Trinajstić information content (AvgIpc) is 2.24. The van der Waals surface area contributed by atoms with E-state index >= 15 is 0 Å². The first kappa shape index (κ1) is 14.5. The fraction of sp³-hybridized carbons (Fsp3) is 0.929. The van der Waals surface area contributed by atoms with Gasteiger partial charge in [-0.1, -0.05) is 20.8 Å². The molecular formula is C14H29N3. The zero-order chi connectivity index (χ0) is 13.1. The van der Waals surface area contributed by atoms with E-state index in [9.17, 15) is 0 Å². The standard InChI is InChI=1S/C14H29N3/c1-10(2)16-13(17-15)11-6-8-12(9-7-11)14(3,4)5/h10-12H,6-9,15H2,1-5H3,(H,16,17). The molecule has 0 unspecified atom stereocenters. The third-order valence-electron chi connectivity index (χ3n) is 3.88. The van der Waals surface area contributed by atoms with Crippen LogP contribution < -0.4 is 11.3 Å². The molecular weight excluding hydrogens is 210 g/mol. The van der Waals surface area contributed by atoms with Crippen LogP contribution in [0.4, 0.5) is 0 Å². The molecule has 0 radical (unpaired) electrons. The summed E-state index contributed by atoms with van der Waals surface area (Å²) in [6, 6.07) is 0.321. The molecule has 3 N–H and O–H groups in total. The summed E-state index contributed by atoms with van der Waals surface area (Å²) < 4.78 is 0. The molecule has 0 bridgehead atoms. The molecule has 1 fully saturated rings. The summed E-state index contributed by atoms with van der Waals surface area (Å²) in [5.41, 5.74) is 3.25. The third kappa shape index (κ3) is 4.30. The van der Waals surface area contributed by atoms with Crippen LogP contribution in [0.1, 0.15) is 60.3 Å². The summed E-state index contributed by atoms with van der Waals surface area (Å²) in [4.78, 5) is 4.59. The van der Waals surface area contributed by atoms with Crippen molar-refractivity contribution in [1.82, 2.24) is 5.43 Å². The highest BCUT2D eigenvalue weighted by molar-refractivity contribution is 5.84. The maximum absolute atomic E-state index is 5.59. The predicted molar refractivity (Wildman–Crippen MR) is 74.8 cm³/mol. The van der Waals surface area contributed by atoms with Crippen LogP contribution in [0.2, 0.25) is 0 Å². The lowest BCUT2D eigenvalue weighted by atomic mass is 9.69. The minimum absolute atomic E-state index is 0.321. The van der Waals surface area contributed by atoms with E-state index < -0.39 is 0 Å². The van der Waals surface area contributed by atoms with Crippen molar-refractivity contribution >= 4 is 5.84 Å². The Bertz CT molecular complexity index is 255. The number of nitrogens with zero attached hydrogens (tertiary/aromatic N) is 1. The lowest BCUT2D eigenvalue weighted by Crippen LogP contribution is -2.39. The average molecular weight is 239 g/mol. The van der Waals surface area contributed by atoms with Gasteiger partial charge < -0.3 is 5.43 Å². The summed E-state index contributed by atoms with van der Waals surface area (Å²) in [5.74, 6) is 7.99.